The Balaban J connectivity index is 2.36. The number of carboxylic acids is 1. The van der Waals surface area contributed by atoms with E-state index in [-0.39, 0.29) is 23.7 Å². The zero-order valence-electron chi connectivity index (χ0n) is 9.52. The van der Waals surface area contributed by atoms with Gasteiger partial charge in [0.05, 0.1) is 12.9 Å². The number of anilines is 1. The maximum absolute atomic E-state index is 11.5. The predicted molar refractivity (Wildman–Crippen MR) is 62.2 cm³/mol. The van der Waals surface area contributed by atoms with Crippen LogP contribution >= 0.6 is 0 Å². The first-order valence-electron chi connectivity index (χ1n) is 5.19. The van der Waals surface area contributed by atoms with Crippen molar-refractivity contribution in [3.63, 3.8) is 0 Å². The van der Waals surface area contributed by atoms with Crippen LogP contribution in [0, 0.1) is 0 Å². The number of nitrogens with two attached hydrogens (primary N) is 1. The molecule has 0 unspecified atom stereocenters. The molecule has 0 aliphatic carbocycles. The van der Waals surface area contributed by atoms with Crippen LogP contribution < -0.4 is 11.3 Å². The quantitative estimate of drug-likeness (QED) is 0.406. The molecule has 0 aromatic carbocycles. The molecule has 10 nitrogen and oxygen atoms in total. The number of aliphatic carboxylic acids is 1. The molecule has 19 heavy (non-hydrogen) atoms. The van der Waals surface area contributed by atoms with Gasteiger partial charge in [0.1, 0.15) is 6.10 Å². The Morgan fingerprint density at radius 2 is 2.21 bits per heavy atom. The molecule has 0 radical (unpaired) electrons. The Kier molecular flexibility index (Phi) is 3.19. The van der Waals surface area contributed by atoms with E-state index in [2.05, 4.69) is 15.0 Å². The Morgan fingerprint density at radius 3 is 2.84 bits per heavy atom. The molecule has 0 amide bonds. The molecule has 2 atom stereocenters. The van der Waals surface area contributed by atoms with Gasteiger partial charge in [-0.1, -0.05) is 0 Å². The van der Waals surface area contributed by atoms with Crippen LogP contribution in [0.1, 0.15) is 0 Å². The summed E-state index contributed by atoms with van der Waals surface area (Å²) in [5, 5.41) is 27.3. The molecule has 0 fully saturated rings. The second kappa shape index (κ2) is 4.66. The summed E-state index contributed by atoms with van der Waals surface area (Å²) in [6.45, 7) is -0.292. The molecule has 2 heterocycles. The van der Waals surface area contributed by atoms with Gasteiger partial charge in [0.15, 0.2) is 17.3 Å². The lowest BCUT2D eigenvalue weighted by Crippen LogP contribution is -2.36. The summed E-state index contributed by atoms with van der Waals surface area (Å²) in [7, 11) is 0. The van der Waals surface area contributed by atoms with Crippen LogP contribution in [-0.2, 0) is 11.3 Å². The molecular formula is C9H11N5O5. The molecule has 0 aliphatic heterocycles. The highest BCUT2D eigenvalue weighted by molar-refractivity contribution is 5.73. The van der Waals surface area contributed by atoms with Crippen LogP contribution in [0.15, 0.2) is 11.1 Å². The number of carbonyl (C=O) groups is 1. The van der Waals surface area contributed by atoms with Crippen molar-refractivity contribution in [2.24, 2.45) is 0 Å². The molecule has 2 aromatic heterocycles. The second-order valence-corrected chi connectivity index (χ2v) is 3.87. The number of hydrogen-bond donors (Lipinski definition) is 5. The monoisotopic (exact) mass is 269 g/mol. The molecule has 0 spiro atoms. The molecule has 102 valence electrons. The van der Waals surface area contributed by atoms with Crippen LogP contribution in [0.2, 0.25) is 0 Å². The van der Waals surface area contributed by atoms with Crippen molar-refractivity contribution in [3.05, 3.63) is 16.7 Å². The summed E-state index contributed by atoms with van der Waals surface area (Å²) in [6, 6.07) is 0. The highest BCUT2D eigenvalue weighted by Crippen LogP contribution is 2.08. The first kappa shape index (κ1) is 13.0. The fourth-order valence-corrected chi connectivity index (χ4v) is 1.57. The van der Waals surface area contributed by atoms with Crippen LogP contribution in [-0.4, -0.2) is 53.0 Å². The van der Waals surface area contributed by atoms with Crippen LogP contribution in [0.3, 0.4) is 0 Å². The van der Waals surface area contributed by atoms with E-state index < -0.39 is 23.7 Å². The number of H-pyrrole nitrogens is 1. The Labute approximate surface area is 105 Å². The van der Waals surface area contributed by atoms with Crippen LogP contribution in [0.4, 0.5) is 5.95 Å². The van der Waals surface area contributed by atoms with Crippen molar-refractivity contribution in [3.8, 4) is 0 Å². The maximum atomic E-state index is 11.5. The van der Waals surface area contributed by atoms with E-state index in [1.807, 2.05) is 0 Å². The van der Waals surface area contributed by atoms with Gasteiger partial charge >= 0.3 is 5.97 Å². The second-order valence-electron chi connectivity index (χ2n) is 3.87. The molecule has 2 aromatic rings. The van der Waals surface area contributed by atoms with Gasteiger partial charge in [0.25, 0.3) is 5.56 Å². The molecule has 6 N–H and O–H groups in total. The molecule has 0 saturated carbocycles. The average molecular weight is 269 g/mol. The molecule has 10 heteroatoms. The number of rotatable bonds is 4. The molecule has 2 rings (SSSR count). The van der Waals surface area contributed by atoms with Crippen molar-refractivity contribution in [1.82, 2.24) is 19.5 Å². The fraction of sp³-hybridized carbons (Fsp3) is 0.333. The minimum Gasteiger partial charge on any atom is -0.479 e. The lowest BCUT2D eigenvalue weighted by atomic mass is 10.2. The van der Waals surface area contributed by atoms with Gasteiger partial charge in [-0.3, -0.25) is 9.78 Å². The molecule has 0 saturated heterocycles. The number of nitrogens with zero attached hydrogens (tertiary/aromatic N) is 3. The predicted octanol–water partition coefficient (Wildman–Crippen LogP) is -2.49. The SMILES string of the molecule is Nc1nc2c(ncn2C[C@@H](O)[C@@H](O)C(=O)O)c(=O)[nH]1. The minimum atomic E-state index is -1.95. The van der Waals surface area contributed by atoms with E-state index in [1.54, 1.807) is 0 Å². The summed E-state index contributed by atoms with van der Waals surface area (Å²) >= 11 is 0. The summed E-state index contributed by atoms with van der Waals surface area (Å²) in [5.41, 5.74) is 4.93. The topological polar surface area (TPSA) is 167 Å². The van der Waals surface area contributed by atoms with Crippen molar-refractivity contribution in [2.45, 2.75) is 18.8 Å². The third-order valence-corrected chi connectivity index (χ3v) is 2.49. The van der Waals surface area contributed by atoms with Gasteiger partial charge in [-0.15, -0.1) is 0 Å². The Morgan fingerprint density at radius 1 is 1.53 bits per heavy atom. The summed E-state index contributed by atoms with van der Waals surface area (Å²) < 4.78 is 1.23. The van der Waals surface area contributed by atoms with Gasteiger partial charge in [-0.25, -0.2) is 9.78 Å². The molecular weight excluding hydrogens is 258 g/mol. The highest BCUT2D eigenvalue weighted by Gasteiger charge is 2.24. The van der Waals surface area contributed by atoms with Gasteiger partial charge in [-0.05, 0) is 0 Å². The van der Waals surface area contributed by atoms with Crippen molar-refractivity contribution in [2.75, 3.05) is 5.73 Å². The molecule has 0 bridgehead atoms. The van der Waals surface area contributed by atoms with Crippen molar-refractivity contribution in [1.29, 1.82) is 0 Å². The first-order valence-corrected chi connectivity index (χ1v) is 5.19. The van der Waals surface area contributed by atoms with E-state index in [9.17, 15) is 19.8 Å². The van der Waals surface area contributed by atoms with Gasteiger partial charge < -0.3 is 25.6 Å². The number of imidazole rings is 1. The zero-order chi connectivity index (χ0) is 14.2. The largest absolute Gasteiger partial charge is 0.479 e. The number of hydrogen-bond acceptors (Lipinski definition) is 7. The van der Waals surface area contributed by atoms with E-state index in [0.717, 1.165) is 0 Å². The van der Waals surface area contributed by atoms with Crippen molar-refractivity contribution < 1.29 is 20.1 Å². The van der Waals surface area contributed by atoms with Crippen LogP contribution in [0.5, 0.6) is 0 Å². The maximum Gasteiger partial charge on any atom is 0.335 e. The van der Waals surface area contributed by atoms with Gasteiger partial charge in [-0.2, -0.15) is 4.98 Å². The summed E-state index contributed by atoms with van der Waals surface area (Å²) in [5.74, 6) is -1.69. The zero-order valence-corrected chi connectivity index (χ0v) is 9.52. The number of nitrogens with one attached hydrogen (secondary N) is 1. The van der Waals surface area contributed by atoms with Crippen molar-refractivity contribution >= 4 is 23.1 Å². The average Bonchev–Trinajstić information content (AvgIpc) is 2.71. The van der Waals surface area contributed by atoms with Gasteiger partial charge in [0, 0.05) is 0 Å². The lowest BCUT2D eigenvalue weighted by molar-refractivity contribution is -0.153. The number of fused-ring (bicyclic) bond motifs is 1. The normalized spacial score (nSPS) is 14.4. The first-order chi connectivity index (χ1) is 8.90. The van der Waals surface area contributed by atoms with E-state index in [4.69, 9.17) is 10.8 Å². The van der Waals surface area contributed by atoms with Gasteiger partial charge in [0.2, 0.25) is 5.95 Å². The number of aromatic amines is 1. The Hall–Kier alpha value is -2.46. The third kappa shape index (κ3) is 2.39. The number of aromatic nitrogens is 4. The minimum absolute atomic E-state index is 0.00575. The number of nitrogen functional groups attached to an aromatic ring is 1. The number of carboxylic acid groups (broad SMARTS) is 1. The molecule has 0 aliphatic rings. The lowest BCUT2D eigenvalue weighted by Gasteiger charge is -2.14. The van der Waals surface area contributed by atoms with Crippen LogP contribution in [0.25, 0.3) is 11.2 Å². The Bertz CT molecular complexity index is 677. The summed E-state index contributed by atoms with van der Waals surface area (Å²) in [6.07, 6.45) is -2.32. The third-order valence-electron chi connectivity index (χ3n) is 2.49. The van der Waals surface area contributed by atoms with E-state index in [1.165, 1.54) is 10.9 Å². The smallest absolute Gasteiger partial charge is 0.335 e. The number of aliphatic hydroxyl groups is 2. The highest BCUT2D eigenvalue weighted by atomic mass is 16.4. The fourth-order valence-electron chi connectivity index (χ4n) is 1.57. The number of aliphatic hydroxyl groups excluding tert-OH is 2. The summed E-state index contributed by atoms with van der Waals surface area (Å²) in [4.78, 5) is 31.9. The van der Waals surface area contributed by atoms with E-state index >= 15 is 0 Å². The standard InChI is InChI=1S/C9H11N5O5/c10-9-12-6-4(7(17)13-9)11-2-14(6)1-3(15)5(16)8(18)19/h2-3,5,15-16H,1H2,(H,18,19)(H3,10,12,13,17)/t3-,5-/m1/s1. The van der Waals surface area contributed by atoms with E-state index in [0.29, 0.717) is 0 Å².